The van der Waals surface area contributed by atoms with Gasteiger partial charge in [-0.2, -0.15) is 0 Å². The Hall–Kier alpha value is -0.0800. The first-order valence-corrected chi connectivity index (χ1v) is 12.1. The van der Waals surface area contributed by atoms with Crippen LogP contribution in [0.2, 0.25) is 0 Å². The lowest BCUT2D eigenvalue weighted by Gasteiger charge is -2.32. The maximum Gasteiger partial charge on any atom is 0.0667 e. The van der Waals surface area contributed by atoms with Crippen molar-refractivity contribution in [2.45, 2.75) is 143 Å². The summed E-state index contributed by atoms with van der Waals surface area (Å²) in [6.07, 6.45) is 22.1. The number of aliphatic hydroxyl groups is 1. The molecule has 0 heterocycles. The molecule has 0 aromatic carbocycles. The van der Waals surface area contributed by atoms with Crippen molar-refractivity contribution < 1.29 is 5.11 Å². The molecular weight excluding hydrogens is 318 g/mol. The van der Waals surface area contributed by atoms with Crippen LogP contribution in [0.15, 0.2) is 0 Å². The Balaban J connectivity index is 3.37. The molecule has 158 valence electrons. The lowest BCUT2D eigenvalue weighted by molar-refractivity contribution is 0.0601. The lowest BCUT2D eigenvalue weighted by Crippen LogP contribution is -2.42. The molecule has 0 spiro atoms. The van der Waals surface area contributed by atoms with E-state index in [2.05, 4.69) is 25.7 Å². The van der Waals surface area contributed by atoms with Gasteiger partial charge in [-0.25, -0.2) is 0 Å². The van der Waals surface area contributed by atoms with E-state index in [1.807, 2.05) is 6.92 Å². The molecule has 0 aromatic rings. The molecule has 0 aromatic heterocycles. The molecule has 0 amide bonds. The topological polar surface area (TPSA) is 23.5 Å². The number of hydrogen-bond acceptors (Lipinski definition) is 2. The van der Waals surface area contributed by atoms with Crippen LogP contribution < -0.4 is 0 Å². The summed E-state index contributed by atoms with van der Waals surface area (Å²) in [5.74, 6) is 0. The Bertz CT molecular complexity index is 263. The Morgan fingerprint density at radius 1 is 0.577 bits per heavy atom. The van der Waals surface area contributed by atoms with E-state index >= 15 is 0 Å². The number of unbranched alkanes of at least 4 members (excludes halogenated alkanes) is 14. The SMILES string of the molecule is CCCCCCCCCCCCCCCCCC(C(C)O)N(CC)CC. The minimum Gasteiger partial charge on any atom is -0.392 e. The molecule has 0 fully saturated rings. The fraction of sp³-hybridized carbons (Fsp3) is 1.00. The highest BCUT2D eigenvalue weighted by molar-refractivity contribution is 4.75. The Kier molecular flexibility index (Phi) is 19.6. The first-order chi connectivity index (χ1) is 12.7. The van der Waals surface area contributed by atoms with Crippen molar-refractivity contribution in [2.24, 2.45) is 0 Å². The average molecular weight is 370 g/mol. The van der Waals surface area contributed by atoms with Gasteiger partial charge >= 0.3 is 0 Å². The first kappa shape index (κ1) is 25.9. The summed E-state index contributed by atoms with van der Waals surface area (Å²) in [7, 11) is 0. The highest BCUT2D eigenvalue weighted by Crippen LogP contribution is 2.16. The van der Waals surface area contributed by atoms with E-state index in [0.29, 0.717) is 6.04 Å². The number of likely N-dealkylation sites (N-methyl/N-ethyl adjacent to an activating group) is 1. The van der Waals surface area contributed by atoms with E-state index in [0.717, 1.165) is 19.5 Å². The van der Waals surface area contributed by atoms with Gasteiger partial charge < -0.3 is 5.11 Å². The minimum atomic E-state index is -0.207. The van der Waals surface area contributed by atoms with Crippen molar-refractivity contribution in [1.82, 2.24) is 4.90 Å². The van der Waals surface area contributed by atoms with Gasteiger partial charge in [0.05, 0.1) is 6.10 Å². The van der Waals surface area contributed by atoms with E-state index in [1.165, 1.54) is 96.3 Å². The summed E-state index contributed by atoms with van der Waals surface area (Å²) in [5.41, 5.74) is 0. The van der Waals surface area contributed by atoms with Crippen LogP contribution in [-0.2, 0) is 0 Å². The molecule has 2 nitrogen and oxygen atoms in total. The first-order valence-electron chi connectivity index (χ1n) is 12.1. The fourth-order valence-corrected chi connectivity index (χ4v) is 4.15. The third-order valence-electron chi connectivity index (χ3n) is 5.94. The smallest absolute Gasteiger partial charge is 0.0667 e. The molecule has 0 aliphatic rings. The summed E-state index contributed by atoms with van der Waals surface area (Å²) < 4.78 is 0. The van der Waals surface area contributed by atoms with Crippen LogP contribution in [0.5, 0.6) is 0 Å². The quantitative estimate of drug-likeness (QED) is 0.227. The molecule has 0 aliphatic carbocycles. The molecule has 0 saturated heterocycles. The van der Waals surface area contributed by atoms with E-state index in [4.69, 9.17) is 0 Å². The zero-order valence-electron chi connectivity index (χ0n) is 18.8. The third-order valence-corrected chi connectivity index (χ3v) is 5.94. The van der Waals surface area contributed by atoms with Gasteiger partial charge in [-0.05, 0) is 26.4 Å². The highest BCUT2D eigenvalue weighted by Gasteiger charge is 2.19. The van der Waals surface area contributed by atoms with E-state index in [1.54, 1.807) is 0 Å². The Labute approximate surface area is 166 Å². The Morgan fingerprint density at radius 3 is 1.23 bits per heavy atom. The van der Waals surface area contributed by atoms with E-state index < -0.39 is 0 Å². The zero-order chi connectivity index (χ0) is 19.5. The predicted molar refractivity (Wildman–Crippen MR) is 118 cm³/mol. The molecule has 0 saturated carbocycles. The number of hydrogen-bond donors (Lipinski definition) is 1. The van der Waals surface area contributed by atoms with Gasteiger partial charge in [0.2, 0.25) is 0 Å². The van der Waals surface area contributed by atoms with Crippen molar-refractivity contribution in [2.75, 3.05) is 13.1 Å². The summed E-state index contributed by atoms with van der Waals surface area (Å²) in [4.78, 5) is 2.41. The van der Waals surface area contributed by atoms with Crippen molar-refractivity contribution in [3.8, 4) is 0 Å². The maximum absolute atomic E-state index is 10.0. The number of nitrogens with zero attached hydrogens (tertiary/aromatic N) is 1. The number of aliphatic hydroxyl groups excluding tert-OH is 1. The molecule has 26 heavy (non-hydrogen) atoms. The summed E-state index contributed by atoms with van der Waals surface area (Å²) in [6.45, 7) is 10.7. The standard InChI is InChI=1S/C24H51NO/c1-5-8-9-10-11-12-13-14-15-16-17-18-19-20-21-22-24(23(4)26)25(6-2)7-3/h23-24,26H,5-22H2,1-4H3. The zero-order valence-corrected chi connectivity index (χ0v) is 18.8. The van der Waals surface area contributed by atoms with Gasteiger partial charge in [-0.3, -0.25) is 4.90 Å². The van der Waals surface area contributed by atoms with E-state index in [9.17, 15) is 5.11 Å². The van der Waals surface area contributed by atoms with Crippen LogP contribution in [0.25, 0.3) is 0 Å². The van der Waals surface area contributed by atoms with Gasteiger partial charge in [0.25, 0.3) is 0 Å². The van der Waals surface area contributed by atoms with Crippen LogP contribution in [-0.4, -0.2) is 35.2 Å². The van der Waals surface area contributed by atoms with Crippen molar-refractivity contribution in [3.63, 3.8) is 0 Å². The van der Waals surface area contributed by atoms with E-state index in [-0.39, 0.29) is 6.10 Å². The number of rotatable bonds is 20. The monoisotopic (exact) mass is 369 g/mol. The molecule has 2 heteroatoms. The fourth-order valence-electron chi connectivity index (χ4n) is 4.15. The van der Waals surface area contributed by atoms with Gasteiger partial charge in [-0.1, -0.05) is 117 Å². The molecule has 0 aliphatic heterocycles. The largest absolute Gasteiger partial charge is 0.392 e. The van der Waals surface area contributed by atoms with Gasteiger partial charge in [-0.15, -0.1) is 0 Å². The van der Waals surface area contributed by atoms with Crippen LogP contribution in [0.1, 0.15) is 130 Å². The third kappa shape index (κ3) is 15.0. The molecule has 2 atom stereocenters. The van der Waals surface area contributed by atoms with Crippen LogP contribution in [0.4, 0.5) is 0 Å². The lowest BCUT2D eigenvalue weighted by atomic mass is 10.0. The minimum absolute atomic E-state index is 0.207. The second-order valence-electron chi connectivity index (χ2n) is 8.27. The molecule has 0 bridgehead atoms. The molecule has 1 N–H and O–H groups in total. The van der Waals surface area contributed by atoms with Crippen LogP contribution >= 0.6 is 0 Å². The second kappa shape index (κ2) is 19.7. The predicted octanol–water partition coefficient (Wildman–Crippen LogP) is 7.34. The second-order valence-corrected chi connectivity index (χ2v) is 8.27. The normalized spacial score (nSPS) is 14.1. The summed E-state index contributed by atoms with van der Waals surface area (Å²) in [6, 6.07) is 0.354. The summed E-state index contributed by atoms with van der Waals surface area (Å²) in [5, 5.41) is 10.0. The molecule has 2 unspecified atom stereocenters. The van der Waals surface area contributed by atoms with Crippen LogP contribution in [0, 0.1) is 0 Å². The highest BCUT2D eigenvalue weighted by atomic mass is 16.3. The molecular formula is C24H51NO. The molecule has 0 radical (unpaired) electrons. The van der Waals surface area contributed by atoms with Crippen LogP contribution in [0.3, 0.4) is 0 Å². The van der Waals surface area contributed by atoms with Crippen molar-refractivity contribution >= 4 is 0 Å². The molecule has 0 rings (SSSR count). The van der Waals surface area contributed by atoms with Gasteiger partial charge in [0.15, 0.2) is 0 Å². The van der Waals surface area contributed by atoms with Crippen molar-refractivity contribution in [3.05, 3.63) is 0 Å². The van der Waals surface area contributed by atoms with Gasteiger partial charge in [0.1, 0.15) is 0 Å². The average Bonchev–Trinajstić information content (AvgIpc) is 2.63. The van der Waals surface area contributed by atoms with Gasteiger partial charge in [0, 0.05) is 6.04 Å². The summed E-state index contributed by atoms with van der Waals surface area (Å²) >= 11 is 0. The Morgan fingerprint density at radius 2 is 0.923 bits per heavy atom. The van der Waals surface area contributed by atoms with Crippen molar-refractivity contribution in [1.29, 1.82) is 0 Å². The maximum atomic E-state index is 10.0.